The molecule has 5 aliphatic rings. The van der Waals surface area contributed by atoms with Crippen molar-refractivity contribution in [2.45, 2.75) is 123 Å². The highest BCUT2D eigenvalue weighted by Crippen LogP contribution is 3.06. The normalized spacial score (nSPS) is 62.5. The lowest BCUT2D eigenvalue weighted by molar-refractivity contribution is -0.457. The van der Waals surface area contributed by atoms with E-state index in [0.717, 1.165) is 23.7 Å². The fraction of sp³-hybridized carbons (Fsp3) is 1.00. The van der Waals surface area contributed by atoms with Gasteiger partial charge in [0.15, 0.2) is 0 Å². The Morgan fingerprint density at radius 2 is 1.32 bits per heavy atom. The monoisotopic (exact) mass is 426 g/mol. The van der Waals surface area contributed by atoms with Crippen molar-refractivity contribution in [3.63, 3.8) is 0 Å². The molecule has 5 rings (SSSR count). The highest BCUT2D eigenvalue weighted by molar-refractivity contribution is 5.48. The van der Waals surface area contributed by atoms with E-state index >= 15 is 0 Å². The molecular weight excluding hydrogens is 372 g/mol. The smallest absolute Gasteiger partial charge is 0.00856 e. The zero-order valence-corrected chi connectivity index (χ0v) is 23.6. The van der Waals surface area contributed by atoms with E-state index in [2.05, 4.69) is 96.9 Å². The highest BCUT2D eigenvalue weighted by atomic mass is 15.0. The molecule has 5 aliphatic carbocycles. The maximum absolute atomic E-state index is 2.80. The van der Waals surface area contributed by atoms with E-state index in [1.54, 1.807) is 0 Å². The molecule has 10 atom stereocenters. The van der Waals surface area contributed by atoms with E-state index < -0.39 is 0 Å². The van der Waals surface area contributed by atoms with Crippen LogP contribution in [0.4, 0.5) is 0 Å². The van der Waals surface area contributed by atoms with Gasteiger partial charge in [0.2, 0.25) is 0 Å². The van der Waals surface area contributed by atoms with Gasteiger partial charge in [-0.15, -0.1) is 0 Å². The molecule has 5 saturated carbocycles. The van der Waals surface area contributed by atoms with Crippen LogP contribution >= 0.6 is 0 Å². The summed E-state index contributed by atoms with van der Waals surface area (Å²) in [5.41, 5.74) is 3.95. The van der Waals surface area contributed by atoms with E-state index in [0.29, 0.717) is 48.7 Å². The van der Waals surface area contributed by atoms with Crippen LogP contribution < -0.4 is 0 Å². The Hall–Kier alpha value is 0. The molecule has 0 radical (unpaired) electrons. The molecule has 0 aromatic rings. The molecule has 178 valence electrons. The van der Waals surface area contributed by atoms with Crippen LogP contribution in [0.2, 0.25) is 0 Å². The molecule has 0 heterocycles. The predicted octanol–water partition coefficient (Wildman–Crippen LogP) is 9.24. The molecule has 31 heavy (non-hydrogen) atoms. The lowest BCUT2D eigenvalue weighted by Crippen LogP contribution is -2.88. The number of hydrogen-bond donors (Lipinski definition) is 0. The summed E-state index contributed by atoms with van der Waals surface area (Å²) in [6.07, 6.45) is 5.64. The second-order valence-corrected chi connectivity index (χ2v) is 16.4. The average molecular weight is 427 g/mol. The van der Waals surface area contributed by atoms with Crippen LogP contribution in [0.15, 0.2) is 0 Å². The third-order valence-corrected chi connectivity index (χ3v) is 16.3. The lowest BCUT2D eigenvalue weighted by atomic mass is 9.11. The minimum atomic E-state index is 0.375. The summed E-state index contributed by atoms with van der Waals surface area (Å²) in [5.74, 6) is 3.49. The molecular formula is C31H54. The Morgan fingerprint density at radius 1 is 0.774 bits per heavy atom. The minimum Gasteiger partial charge on any atom is -0.0649 e. The van der Waals surface area contributed by atoms with Gasteiger partial charge >= 0.3 is 0 Å². The van der Waals surface area contributed by atoms with Gasteiger partial charge in [-0.3, -0.25) is 0 Å². The van der Waals surface area contributed by atoms with Gasteiger partial charge in [0, 0.05) is 0 Å². The van der Waals surface area contributed by atoms with Crippen molar-refractivity contribution < 1.29 is 0 Å². The van der Waals surface area contributed by atoms with Gasteiger partial charge in [0.25, 0.3) is 0 Å². The first-order valence-corrected chi connectivity index (χ1v) is 13.8. The molecule has 0 amide bonds. The summed E-state index contributed by atoms with van der Waals surface area (Å²) < 4.78 is 0. The van der Waals surface area contributed by atoms with Gasteiger partial charge in [-0.1, -0.05) is 103 Å². The fourth-order valence-electron chi connectivity index (χ4n) is 14.2. The molecule has 0 aromatic heterocycles. The SMILES string of the molecule is CCC(C)(C)CC1(C)C(C)C2CC34C(C)(C)C(C)(CC5(C)C(C)C(C)C53C)C(C)(C)C214. The van der Waals surface area contributed by atoms with Crippen LogP contribution in [0, 0.1) is 72.4 Å². The van der Waals surface area contributed by atoms with Crippen molar-refractivity contribution in [1.29, 1.82) is 0 Å². The van der Waals surface area contributed by atoms with Crippen molar-refractivity contribution >= 4 is 0 Å². The Labute approximate surface area is 195 Å². The van der Waals surface area contributed by atoms with E-state index in [-0.39, 0.29) is 0 Å². The first kappa shape index (κ1) is 22.8. The van der Waals surface area contributed by atoms with Crippen LogP contribution in [-0.4, -0.2) is 0 Å². The first-order valence-electron chi connectivity index (χ1n) is 13.8. The van der Waals surface area contributed by atoms with Crippen LogP contribution in [0.1, 0.15) is 123 Å². The third-order valence-electron chi connectivity index (χ3n) is 16.3. The van der Waals surface area contributed by atoms with Crippen molar-refractivity contribution in [1.82, 2.24) is 0 Å². The first-order chi connectivity index (χ1) is 13.8. The Balaban J connectivity index is 1.84. The molecule has 0 aliphatic heterocycles. The lowest BCUT2D eigenvalue weighted by Gasteiger charge is -2.92. The van der Waals surface area contributed by atoms with Crippen LogP contribution in [-0.2, 0) is 0 Å². The molecule has 2 bridgehead atoms. The van der Waals surface area contributed by atoms with E-state index in [4.69, 9.17) is 0 Å². The number of fused-ring (bicyclic) bond motifs is 2. The second kappa shape index (κ2) is 5.15. The zero-order chi connectivity index (χ0) is 23.6. The minimum absolute atomic E-state index is 0.375. The Morgan fingerprint density at radius 3 is 1.84 bits per heavy atom. The van der Waals surface area contributed by atoms with Gasteiger partial charge in [-0.25, -0.2) is 0 Å². The van der Waals surface area contributed by atoms with Gasteiger partial charge in [-0.05, 0) is 91.7 Å². The summed E-state index contributed by atoms with van der Waals surface area (Å²) in [6, 6.07) is 0. The van der Waals surface area contributed by atoms with Gasteiger partial charge in [0.1, 0.15) is 0 Å². The van der Waals surface area contributed by atoms with E-state index in [1.165, 1.54) is 25.7 Å². The maximum Gasteiger partial charge on any atom is -0.00856 e. The van der Waals surface area contributed by atoms with Crippen LogP contribution in [0.5, 0.6) is 0 Å². The van der Waals surface area contributed by atoms with Crippen molar-refractivity contribution in [3.05, 3.63) is 0 Å². The summed E-state index contributed by atoms with van der Waals surface area (Å²) in [7, 11) is 0. The summed E-state index contributed by atoms with van der Waals surface area (Å²) in [5, 5.41) is 0. The molecule has 5 fully saturated rings. The largest absolute Gasteiger partial charge is 0.0649 e. The quantitative estimate of drug-likeness (QED) is 0.422. The fourth-order valence-corrected chi connectivity index (χ4v) is 14.2. The standard InChI is InChI=1S/C31H54/c1-15-23(5,6)17-27(12)21(4)22-16-30-24(7,8)28(13,25(9,10)31(22,27)30)18-26(11)19(2)20(3)29(26,30)14/h19-22H,15-18H2,1-14H3. The van der Waals surface area contributed by atoms with Crippen LogP contribution in [0.25, 0.3) is 0 Å². The molecule has 0 saturated heterocycles. The molecule has 0 N–H and O–H groups in total. The summed E-state index contributed by atoms with van der Waals surface area (Å²) >= 11 is 0. The number of hydrogen-bond acceptors (Lipinski definition) is 0. The van der Waals surface area contributed by atoms with Crippen molar-refractivity contribution in [2.75, 3.05) is 0 Å². The maximum atomic E-state index is 2.80. The molecule has 0 aromatic carbocycles. The topological polar surface area (TPSA) is 0 Å². The Kier molecular flexibility index (Phi) is 3.78. The second-order valence-electron chi connectivity index (χ2n) is 16.4. The van der Waals surface area contributed by atoms with Gasteiger partial charge in [0.05, 0.1) is 0 Å². The predicted molar refractivity (Wildman–Crippen MR) is 134 cm³/mol. The van der Waals surface area contributed by atoms with Gasteiger partial charge in [-0.2, -0.15) is 0 Å². The van der Waals surface area contributed by atoms with E-state index in [9.17, 15) is 0 Å². The molecule has 10 unspecified atom stereocenters. The summed E-state index contributed by atoms with van der Waals surface area (Å²) in [4.78, 5) is 0. The molecule has 0 nitrogen and oxygen atoms in total. The Bertz CT molecular complexity index is 846. The van der Waals surface area contributed by atoms with E-state index in [1.807, 2.05) is 0 Å². The van der Waals surface area contributed by atoms with Crippen molar-refractivity contribution in [2.24, 2.45) is 72.4 Å². The van der Waals surface area contributed by atoms with Gasteiger partial charge < -0.3 is 0 Å². The number of rotatable bonds is 3. The van der Waals surface area contributed by atoms with Crippen LogP contribution in [0.3, 0.4) is 0 Å². The zero-order valence-electron chi connectivity index (χ0n) is 23.6. The highest BCUT2D eigenvalue weighted by Gasteiger charge is 3.01. The third kappa shape index (κ3) is 1.53. The summed E-state index contributed by atoms with van der Waals surface area (Å²) in [6.45, 7) is 37.5. The average Bonchev–Trinajstić information content (AvgIpc) is 2.68. The molecule has 0 heteroatoms. The molecule has 2 spiro atoms. The van der Waals surface area contributed by atoms with Crippen molar-refractivity contribution in [3.8, 4) is 0 Å².